The zero-order valence-corrected chi connectivity index (χ0v) is 19.8. The van der Waals surface area contributed by atoms with Gasteiger partial charge >= 0.3 is 6.09 Å². The van der Waals surface area contributed by atoms with Crippen molar-refractivity contribution in [1.29, 1.82) is 0 Å². The molecule has 2 rings (SSSR count). The summed E-state index contributed by atoms with van der Waals surface area (Å²) in [5.41, 5.74) is 1.20. The van der Waals surface area contributed by atoms with Crippen molar-refractivity contribution in [1.82, 2.24) is 4.90 Å². The molecular weight excluding hydrogens is 374 g/mol. The summed E-state index contributed by atoms with van der Waals surface area (Å²) >= 11 is 0. The van der Waals surface area contributed by atoms with Gasteiger partial charge in [-0.2, -0.15) is 0 Å². The van der Waals surface area contributed by atoms with Crippen molar-refractivity contribution in [2.45, 2.75) is 103 Å². The summed E-state index contributed by atoms with van der Waals surface area (Å²) in [7, 11) is 2.29. The van der Waals surface area contributed by atoms with Crippen molar-refractivity contribution in [3.63, 3.8) is 0 Å². The maximum atomic E-state index is 12.2. The number of para-hydroxylation sites is 2. The average Bonchev–Trinajstić information content (AvgIpc) is 2.64. The molecule has 0 spiro atoms. The Hall–Kier alpha value is -1.75. The van der Waals surface area contributed by atoms with Crippen molar-refractivity contribution >= 4 is 17.5 Å². The lowest BCUT2D eigenvalue weighted by Crippen LogP contribution is -2.35. The molecule has 170 valence electrons. The molecule has 1 aromatic carbocycles. The minimum Gasteiger partial charge on any atom is -0.444 e. The standard InChI is InChI=1S/C25H43N3O2/c1-6-20(18-19-28(5)21-14-10-8-7-9-11-15-21)26-22-16-12-13-17-23(22)27-24(29)30-25(2,3)4/h12-13,16-17,20-21,26H,6-11,14-15,18-19H2,1-5H3,(H,27,29). The Morgan fingerprint density at radius 2 is 1.70 bits per heavy atom. The van der Waals surface area contributed by atoms with Crippen LogP contribution in [0.4, 0.5) is 16.2 Å². The molecule has 1 aromatic rings. The van der Waals surface area contributed by atoms with Gasteiger partial charge in [0, 0.05) is 18.6 Å². The van der Waals surface area contributed by atoms with Crippen LogP contribution in [-0.2, 0) is 4.74 Å². The number of anilines is 2. The van der Waals surface area contributed by atoms with E-state index in [1.54, 1.807) is 0 Å². The fourth-order valence-electron chi connectivity index (χ4n) is 4.15. The molecule has 0 saturated heterocycles. The Morgan fingerprint density at radius 1 is 1.10 bits per heavy atom. The highest BCUT2D eigenvalue weighted by Crippen LogP contribution is 2.25. The number of ether oxygens (including phenoxy) is 1. The predicted molar refractivity (Wildman–Crippen MR) is 127 cm³/mol. The van der Waals surface area contributed by atoms with Gasteiger partial charge in [0.2, 0.25) is 0 Å². The van der Waals surface area contributed by atoms with Crippen LogP contribution in [0.1, 0.15) is 85.5 Å². The van der Waals surface area contributed by atoms with Crippen LogP contribution in [0.3, 0.4) is 0 Å². The lowest BCUT2D eigenvalue weighted by Gasteiger charge is -2.31. The van der Waals surface area contributed by atoms with Crippen LogP contribution in [0, 0.1) is 0 Å². The molecule has 2 N–H and O–H groups in total. The second-order valence-electron chi connectivity index (χ2n) is 9.69. The molecule has 0 radical (unpaired) electrons. The molecule has 1 amide bonds. The summed E-state index contributed by atoms with van der Waals surface area (Å²) in [6.45, 7) is 8.93. The maximum Gasteiger partial charge on any atom is 0.412 e. The number of carbonyl (C=O) groups excluding carboxylic acids is 1. The molecule has 1 unspecified atom stereocenters. The van der Waals surface area contributed by atoms with Gasteiger partial charge in [0.15, 0.2) is 0 Å². The maximum absolute atomic E-state index is 12.2. The van der Waals surface area contributed by atoms with Gasteiger partial charge in [0.1, 0.15) is 5.60 Å². The highest BCUT2D eigenvalue weighted by Gasteiger charge is 2.19. The van der Waals surface area contributed by atoms with Crippen molar-refractivity contribution < 1.29 is 9.53 Å². The van der Waals surface area contributed by atoms with Gasteiger partial charge in [-0.25, -0.2) is 4.79 Å². The van der Waals surface area contributed by atoms with E-state index in [0.717, 1.165) is 36.8 Å². The Bertz CT molecular complexity index is 634. The topological polar surface area (TPSA) is 53.6 Å². The molecule has 30 heavy (non-hydrogen) atoms. The van der Waals surface area contributed by atoms with Crippen LogP contribution in [0.2, 0.25) is 0 Å². The van der Waals surface area contributed by atoms with Crippen LogP contribution in [0.25, 0.3) is 0 Å². The van der Waals surface area contributed by atoms with Crippen molar-refractivity contribution in [3.05, 3.63) is 24.3 Å². The molecule has 1 atom stereocenters. The van der Waals surface area contributed by atoms with Crippen molar-refractivity contribution in [3.8, 4) is 0 Å². The van der Waals surface area contributed by atoms with E-state index in [0.29, 0.717) is 6.04 Å². The Labute approximate surface area is 183 Å². The summed E-state index contributed by atoms with van der Waals surface area (Å²) in [5.74, 6) is 0. The number of hydrogen-bond acceptors (Lipinski definition) is 4. The number of benzene rings is 1. The van der Waals surface area contributed by atoms with Crippen LogP contribution in [0.15, 0.2) is 24.3 Å². The van der Waals surface area contributed by atoms with Crippen LogP contribution < -0.4 is 10.6 Å². The number of amides is 1. The molecule has 0 heterocycles. The lowest BCUT2D eigenvalue weighted by atomic mass is 9.95. The van der Waals surface area contributed by atoms with Crippen LogP contribution >= 0.6 is 0 Å². The molecule has 5 heteroatoms. The van der Waals surface area contributed by atoms with E-state index in [2.05, 4.69) is 29.5 Å². The summed E-state index contributed by atoms with van der Waals surface area (Å²) < 4.78 is 5.41. The van der Waals surface area contributed by atoms with E-state index in [1.807, 2.05) is 45.0 Å². The minimum absolute atomic E-state index is 0.364. The quantitative estimate of drug-likeness (QED) is 0.496. The van der Waals surface area contributed by atoms with E-state index >= 15 is 0 Å². The summed E-state index contributed by atoms with van der Waals surface area (Å²) in [5, 5.41) is 6.54. The fourth-order valence-corrected chi connectivity index (χ4v) is 4.15. The first-order valence-corrected chi connectivity index (χ1v) is 11.8. The second kappa shape index (κ2) is 12.2. The van der Waals surface area contributed by atoms with Gasteiger partial charge in [-0.3, -0.25) is 5.32 Å². The molecule has 1 saturated carbocycles. The van der Waals surface area contributed by atoms with Gasteiger partial charge in [-0.15, -0.1) is 0 Å². The highest BCUT2D eigenvalue weighted by molar-refractivity contribution is 5.89. The third kappa shape index (κ3) is 8.95. The summed E-state index contributed by atoms with van der Waals surface area (Å²) in [6, 6.07) is 8.96. The molecule has 0 aliphatic heterocycles. The van der Waals surface area contributed by atoms with Crippen LogP contribution in [-0.4, -0.2) is 42.3 Å². The molecule has 1 aliphatic rings. The third-order valence-electron chi connectivity index (χ3n) is 5.94. The van der Waals surface area contributed by atoms with Gasteiger partial charge in [0.05, 0.1) is 11.4 Å². The largest absolute Gasteiger partial charge is 0.444 e. The van der Waals surface area contributed by atoms with Gasteiger partial charge in [-0.05, 0) is 65.6 Å². The Kier molecular flexibility index (Phi) is 9.96. The molecule has 0 bridgehead atoms. The zero-order chi connectivity index (χ0) is 22.0. The number of rotatable bonds is 8. The Balaban J connectivity index is 1.91. The van der Waals surface area contributed by atoms with Crippen molar-refractivity contribution in [2.24, 2.45) is 0 Å². The molecular formula is C25H43N3O2. The monoisotopic (exact) mass is 417 g/mol. The number of carbonyl (C=O) groups is 1. The highest BCUT2D eigenvalue weighted by atomic mass is 16.6. The smallest absolute Gasteiger partial charge is 0.412 e. The lowest BCUT2D eigenvalue weighted by molar-refractivity contribution is 0.0636. The minimum atomic E-state index is -0.514. The molecule has 1 aliphatic carbocycles. The van der Waals surface area contributed by atoms with E-state index in [-0.39, 0.29) is 0 Å². The van der Waals surface area contributed by atoms with E-state index < -0.39 is 11.7 Å². The van der Waals surface area contributed by atoms with E-state index in [1.165, 1.54) is 44.9 Å². The number of nitrogens with zero attached hydrogens (tertiary/aromatic N) is 1. The van der Waals surface area contributed by atoms with Crippen molar-refractivity contribution in [2.75, 3.05) is 24.2 Å². The van der Waals surface area contributed by atoms with E-state index in [9.17, 15) is 4.79 Å². The predicted octanol–water partition coefficient (Wildman–Crippen LogP) is 6.66. The van der Waals surface area contributed by atoms with Gasteiger partial charge in [0.25, 0.3) is 0 Å². The van der Waals surface area contributed by atoms with Crippen LogP contribution in [0.5, 0.6) is 0 Å². The number of nitrogens with one attached hydrogen (secondary N) is 2. The average molecular weight is 418 g/mol. The first-order valence-electron chi connectivity index (χ1n) is 11.8. The fraction of sp³-hybridized carbons (Fsp3) is 0.720. The zero-order valence-electron chi connectivity index (χ0n) is 19.8. The first kappa shape index (κ1) is 24.5. The summed E-state index contributed by atoms with van der Waals surface area (Å²) in [4.78, 5) is 14.8. The SMILES string of the molecule is CCC(CCN(C)C1CCCCCCC1)Nc1ccccc1NC(=O)OC(C)(C)C. The third-order valence-corrected chi connectivity index (χ3v) is 5.94. The molecule has 0 aromatic heterocycles. The molecule has 5 nitrogen and oxygen atoms in total. The normalized spacial score (nSPS) is 17.1. The summed E-state index contributed by atoms with van der Waals surface area (Å²) in [6.07, 6.45) is 11.3. The van der Waals surface area contributed by atoms with Gasteiger partial charge in [-0.1, -0.05) is 51.2 Å². The van der Waals surface area contributed by atoms with E-state index in [4.69, 9.17) is 4.74 Å². The molecule has 1 fully saturated rings. The second-order valence-corrected chi connectivity index (χ2v) is 9.69. The first-order chi connectivity index (χ1) is 14.3. The Morgan fingerprint density at radius 3 is 2.30 bits per heavy atom. The van der Waals surface area contributed by atoms with Gasteiger partial charge < -0.3 is 15.0 Å². The number of hydrogen-bond donors (Lipinski definition) is 2.